The smallest absolute Gasteiger partial charge is 0.185 e. The molecular weight excluding hydrogens is 194 g/mol. The van der Waals surface area contributed by atoms with Crippen molar-refractivity contribution in [2.45, 2.75) is 19.8 Å². The topological polar surface area (TPSA) is 50.1 Å². The number of hydrogen-bond donors (Lipinski definition) is 3. The summed E-state index contributed by atoms with van der Waals surface area (Å²) in [5, 5.41) is 3.40. The highest BCUT2D eigenvalue weighted by Crippen LogP contribution is 2.18. The van der Waals surface area contributed by atoms with Gasteiger partial charge in [-0.25, -0.2) is 5.84 Å². The molecule has 0 aromatic heterocycles. The van der Waals surface area contributed by atoms with Crippen molar-refractivity contribution in [3.8, 4) is 0 Å². The van der Waals surface area contributed by atoms with Crippen LogP contribution in [0.2, 0.25) is 0 Å². The summed E-state index contributed by atoms with van der Waals surface area (Å²) in [7, 11) is 0. The quantitative estimate of drug-likeness (QED) is 0.396. The number of rotatable bonds is 2. The Kier molecular flexibility index (Phi) is 3.85. The van der Waals surface area contributed by atoms with Gasteiger partial charge < -0.3 is 10.7 Å². The lowest BCUT2D eigenvalue weighted by Crippen LogP contribution is -2.34. The highest BCUT2D eigenvalue weighted by atomic mass is 32.1. The lowest BCUT2D eigenvalue weighted by Gasteiger charge is -2.10. The lowest BCUT2D eigenvalue weighted by molar-refractivity contribution is 0.867. The molecule has 14 heavy (non-hydrogen) atoms. The molecular formula is C10H15N3S. The molecule has 0 radical (unpaired) electrons. The molecule has 0 saturated heterocycles. The van der Waals surface area contributed by atoms with Crippen molar-refractivity contribution < 1.29 is 0 Å². The lowest BCUT2D eigenvalue weighted by atomic mass is 10.0. The molecule has 0 aliphatic carbocycles. The van der Waals surface area contributed by atoms with E-state index in [4.69, 9.17) is 18.1 Å². The van der Waals surface area contributed by atoms with Gasteiger partial charge in [0.05, 0.1) is 0 Å². The molecule has 0 spiro atoms. The minimum absolute atomic E-state index is 0.422. The summed E-state index contributed by atoms with van der Waals surface area (Å²) < 4.78 is 0. The van der Waals surface area contributed by atoms with Crippen LogP contribution in [0.5, 0.6) is 0 Å². The minimum atomic E-state index is 0.422. The molecule has 76 valence electrons. The molecule has 4 heteroatoms. The molecule has 0 fully saturated rings. The number of nitrogens with one attached hydrogen (secondary N) is 2. The summed E-state index contributed by atoms with van der Waals surface area (Å²) in [5.74, 6) is 5.67. The second-order valence-corrected chi connectivity index (χ2v) is 3.79. The first kappa shape index (κ1) is 10.9. The fourth-order valence-electron chi connectivity index (χ4n) is 1.14. The summed E-state index contributed by atoms with van der Waals surface area (Å²) in [6, 6.07) is 8.11. The average molecular weight is 209 g/mol. The molecule has 0 saturated carbocycles. The molecule has 0 amide bonds. The van der Waals surface area contributed by atoms with Crippen LogP contribution in [0.15, 0.2) is 24.3 Å². The van der Waals surface area contributed by atoms with E-state index in [1.54, 1.807) is 0 Å². The maximum atomic E-state index is 5.16. The van der Waals surface area contributed by atoms with Crippen LogP contribution in [-0.4, -0.2) is 5.11 Å². The maximum absolute atomic E-state index is 5.16. The summed E-state index contributed by atoms with van der Waals surface area (Å²) in [5.41, 5.74) is 4.61. The van der Waals surface area contributed by atoms with Crippen molar-refractivity contribution in [1.29, 1.82) is 0 Å². The van der Waals surface area contributed by atoms with Crippen molar-refractivity contribution in [2.24, 2.45) is 5.84 Å². The summed E-state index contributed by atoms with van der Waals surface area (Å²) >= 11 is 4.90. The van der Waals surface area contributed by atoms with Gasteiger partial charge in [-0.3, -0.25) is 0 Å². The predicted octanol–water partition coefficient (Wildman–Crippen LogP) is 1.97. The number of benzene rings is 1. The third-order valence-electron chi connectivity index (χ3n) is 1.94. The normalized spacial score (nSPS) is 10.0. The van der Waals surface area contributed by atoms with E-state index in [1.165, 1.54) is 5.56 Å². The molecule has 0 unspecified atom stereocenters. The van der Waals surface area contributed by atoms with Gasteiger partial charge >= 0.3 is 0 Å². The number of hydrogen-bond acceptors (Lipinski definition) is 2. The van der Waals surface area contributed by atoms with Gasteiger partial charge in [-0.15, -0.1) is 0 Å². The third kappa shape index (κ3) is 2.97. The van der Waals surface area contributed by atoms with E-state index in [2.05, 4.69) is 36.7 Å². The van der Waals surface area contributed by atoms with Crippen molar-refractivity contribution >= 4 is 23.0 Å². The fraction of sp³-hybridized carbons (Fsp3) is 0.300. The van der Waals surface area contributed by atoms with E-state index < -0.39 is 0 Å². The molecule has 0 bridgehead atoms. The minimum Gasteiger partial charge on any atom is -0.332 e. The van der Waals surface area contributed by atoms with Crippen LogP contribution in [0.1, 0.15) is 25.3 Å². The monoisotopic (exact) mass is 209 g/mol. The van der Waals surface area contributed by atoms with Crippen LogP contribution < -0.4 is 16.6 Å². The number of thiocarbonyl (C=S) groups is 1. The third-order valence-corrected chi connectivity index (χ3v) is 2.16. The Labute approximate surface area is 89.7 Å². The van der Waals surface area contributed by atoms with Crippen molar-refractivity contribution in [2.75, 3.05) is 5.32 Å². The molecule has 0 aliphatic heterocycles. The van der Waals surface area contributed by atoms with Crippen LogP contribution in [0.25, 0.3) is 0 Å². The first-order valence-electron chi connectivity index (χ1n) is 4.51. The fourth-order valence-corrected chi connectivity index (χ4v) is 1.26. The number of hydrazine groups is 1. The van der Waals surface area contributed by atoms with Gasteiger partial charge in [0.2, 0.25) is 0 Å². The molecule has 3 nitrogen and oxygen atoms in total. The molecule has 0 aliphatic rings. The Morgan fingerprint density at radius 1 is 1.43 bits per heavy atom. The van der Waals surface area contributed by atoms with Crippen molar-refractivity contribution in [1.82, 2.24) is 5.43 Å². The van der Waals surface area contributed by atoms with E-state index in [0.717, 1.165) is 5.69 Å². The second-order valence-electron chi connectivity index (χ2n) is 3.38. The molecule has 0 heterocycles. The molecule has 0 atom stereocenters. The Balaban J connectivity index is 2.78. The van der Waals surface area contributed by atoms with Crippen molar-refractivity contribution in [3.63, 3.8) is 0 Å². The van der Waals surface area contributed by atoms with Crippen LogP contribution in [-0.2, 0) is 0 Å². The SMILES string of the molecule is CC(C)c1cccc(NC(=S)NN)c1. The molecule has 4 N–H and O–H groups in total. The Hall–Kier alpha value is -1.13. The zero-order valence-electron chi connectivity index (χ0n) is 8.37. The van der Waals surface area contributed by atoms with Gasteiger partial charge in [-0.2, -0.15) is 0 Å². The summed E-state index contributed by atoms with van der Waals surface area (Å²) in [6.07, 6.45) is 0. The van der Waals surface area contributed by atoms with Crippen LogP contribution in [0.4, 0.5) is 5.69 Å². The summed E-state index contributed by atoms with van der Waals surface area (Å²) in [6.45, 7) is 4.30. The van der Waals surface area contributed by atoms with E-state index in [0.29, 0.717) is 11.0 Å². The van der Waals surface area contributed by atoms with E-state index in [-0.39, 0.29) is 0 Å². The van der Waals surface area contributed by atoms with Gasteiger partial charge in [-0.1, -0.05) is 26.0 Å². The maximum Gasteiger partial charge on any atom is 0.185 e. The summed E-state index contributed by atoms with van der Waals surface area (Å²) in [4.78, 5) is 0. The Morgan fingerprint density at radius 2 is 2.14 bits per heavy atom. The van der Waals surface area contributed by atoms with Gasteiger partial charge in [0, 0.05) is 5.69 Å². The zero-order valence-corrected chi connectivity index (χ0v) is 9.19. The molecule has 1 aromatic carbocycles. The largest absolute Gasteiger partial charge is 0.332 e. The van der Waals surface area contributed by atoms with Crippen molar-refractivity contribution in [3.05, 3.63) is 29.8 Å². The van der Waals surface area contributed by atoms with Crippen LogP contribution in [0, 0.1) is 0 Å². The second kappa shape index (κ2) is 4.93. The Bertz CT molecular complexity index is 323. The highest BCUT2D eigenvalue weighted by Gasteiger charge is 2.00. The van der Waals surface area contributed by atoms with Gasteiger partial charge in [0.1, 0.15) is 0 Å². The molecule has 1 aromatic rings. The van der Waals surface area contributed by atoms with E-state index in [1.807, 2.05) is 12.1 Å². The van der Waals surface area contributed by atoms with Crippen LogP contribution >= 0.6 is 12.2 Å². The Morgan fingerprint density at radius 3 is 2.71 bits per heavy atom. The zero-order chi connectivity index (χ0) is 10.6. The van der Waals surface area contributed by atoms with E-state index >= 15 is 0 Å². The first-order chi connectivity index (χ1) is 6.63. The van der Waals surface area contributed by atoms with Crippen LogP contribution in [0.3, 0.4) is 0 Å². The number of anilines is 1. The highest BCUT2D eigenvalue weighted by molar-refractivity contribution is 7.80. The molecule has 1 rings (SSSR count). The average Bonchev–Trinajstić information content (AvgIpc) is 2.18. The first-order valence-corrected chi connectivity index (χ1v) is 4.92. The van der Waals surface area contributed by atoms with E-state index in [9.17, 15) is 0 Å². The van der Waals surface area contributed by atoms with Gasteiger partial charge in [-0.05, 0) is 35.8 Å². The van der Waals surface area contributed by atoms with Gasteiger partial charge in [0.25, 0.3) is 0 Å². The standard InChI is InChI=1S/C10H15N3S/c1-7(2)8-4-3-5-9(6-8)12-10(14)13-11/h3-7H,11H2,1-2H3,(H2,12,13,14). The predicted molar refractivity (Wildman–Crippen MR) is 64.1 cm³/mol. The number of nitrogens with two attached hydrogens (primary N) is 1. The van der Waals surface area contributed by atoms with Gasteiger partial charge in [0.15, 0.2) is 5.11 Å².